The van der Waals surface area contributed by atoms with Crippen molar-refractivity contribution in [2.24, 2.45) is 5.92 Å². The third kappa shape index (κ3) is 3.45. The molecule has 1 aliphatic rings. The first-order valence-corrected chi connectivity index (χ1v) is 7.84. The van der Waals surface area contributed by atoms with Gasteiger partial charge in [0.1, 0.15) is 11.6 Å². The summed E-state index contributed by atoms with van der Waals surface area (Å²) < 4.78 is 18.6. The summed E-state index contributed by atoms with van der Waals surface area (Å²) in [6, 6.07) is 9.27. The largest absolute Gasteiger partial charge is 0.451 e. The number of halogens is 1. The highest BCUT2D eigenvalue weighted by Crippen LogP contribution is 2.27. The number of rotatable bonds is 4. The molecule has 1 fully saturated rings. The summed E-state index contributed by atoms with van der Waals surface area (Å²) in [5.41, 5.74) is 0.722. The van der Waals surface area contributed by atoms with Crippen molar-refractivity contribution in [2.45, 2.75) is 25.4 Å². The highest BCUT2D eigenvalue weighted by molar-refractivity contribution is 5.92. The minimum atomic E-state index is -0.323. The summed E-state index contributed by atoms with van der Waals surface area (Å²) in [4.78, 5) is 14.0. The van der Waals surface area contributed by atoms with Gasteiger partial charge in [0.25, 0.3) is 5.91 Å². The third-order valence-corrected chi connectivity index (χ3v) is 4.42. The van der Waals surface area contributed by atoms with Gasteiger partial charge >= 0.3 is 0 Å². The molecule has 122 valence electrons. The van der Waals surface area contributed by atoms with Crippen LogP contribution in [0.15, 0.2) is 40.8 Å². The van der Waals surface area contributed by atoms with E-state index in [4.69, 9.17) is 4.42 Å². The summed E-state index contributed by atoms with van der Waals surface area (Å²) in [5.74, 6) is 0.390. The van der Waals surface area contributed by atoms with Crippen molar-refractivity contribution in [3.05, 3.63) is 48.0 Å². The van der Waals surface area contributed by atoms with E-state index in [0.29, 0.717) is 12.3 Å². The predicted octanol–water partition coefficient (Wildman–Crippen LogP) is 3.32. The molecule has 0 radical (unpaired) electrons. The second-order valence-corrected chi connectivity index (χ2v) is 6.11. The van der Waals surface area contributed by atoms with Crippen LogP contribution in [0.3, 0.4) is 0 Å². The minimum Gasteiger partial charge on any atom is -0.451 e. The van der Waals surface area contributed by atoms with E-state index in [1.807, 2.05) is 0 Å². The quantitative estimate of drug-likeness (QED) is 0.941. The second kappa shape index (κ2) is 6.54. The molecule has 1 saturated carbocycles. The monoisotopic (exact) mass is 317 g/mol. The Morgan fingerprint density at radius 1 is 1.26 bits per heavy atom. The number of furan rings is 1. The van der Waals surface area contributed by atoms with E-state index in [2.05, 4.69) is 0 Å². The molecule has 1 N–H and O–H groups in total. The van der Waals surface area contributed by atoms with Crippen LogP contribution in [0.1, 0.15) is 29.8 Å². The Bertz CT molecular complexity index is 680. The Morgan fingerprint density at radius 2 is 2.00 bits per heavy atom. The molecule has 1 amide bonds. The Hall–Kier alpha value is -2.14. The summed E-state index contributed by atoms with van der Waals surface area (Å²) in [5, 5.41) is 9.87. The molecule has 4 nitrogen and oxygen atoms in total. The smallest absolute Gasteiger partial charge is 0.289 e. The van der Waals surface area contributed by atoms with E-state index in [-0.39, 0.29) is 29.5 Å². The van der Waals surface area contributed by atoms with Crippen LogP contribution in [-0.4, -0.2) is 35.6 Å². The first-order valence-electron chi connectivity index (χ1n) is 7.84. The van der Waals surface area contributed by atoms with E-state index in [0.717, 1.165) is 24.8 Å². The molecule has 0 bridgehead atoms. The van der Waals surface area contributed by atoms with Gasteiger partial charge in [-0.1, -0.05) is 6.42 Å². The summed E-state index contributed by atoms with van der Waals surface area (Å²) in [6.45, 7) is 0.520. The number of benzene rings is 1. The van der Waals surface area contributed by atoms with Crippen LogP contribution >= 0.6 is 0 Å². The lowest BCUT2D eigenvalue weighted by atomic mass is 10.1. The highest BCUT2D eigenvalue weighted by Gasteiger charge is 2.28. The van der Waals surface area contributed by atoms with Gasteiger partial charge in [0.05, 0.1) is 6.10 Å². The van der Waals surface area contributed by atoms with Gasteiger partial charge in [0.15, 0.2) is 5.76 Å². The lowest BCUT2D eigenvalue weighted by Gasteiger charge is -2.22. The second-order valence-electron chi connectivity index (χ2n) is 6.11. The molecule has 1 heterocycles. The summed E-state index contributed by atoms with van der Waals surface area (Å²) in [6.07, 6.45) is 2.43. The number of hydrogen-bond donors (Lipinski definition) is 1. The topological polar surface area (TPSA) is 53.7 Å². The van der Waals surface area contributed by atoms with E-state index in [1.54, 1.807) is 36.2 Å². The molecule has 0 aliphatic heterocycles. The molecular weight excluding hydrogens is 297 g/mol. The van der Waals surface area contributed by atoms with Gasteiger partial charge in [-0.3, -0.25) is 4.79 Å². The fourth-order valence-electron chi connectivity index (χ4n) is 3.08. The minimum absolute atomic E-state index is 0.135. The summed E-state index contributed by atoms with van der Waals surface area (Å²) >= 11 is 0. The van der Waals surface area contributed by atoms with E-state index in [9.17, 15) is 14.3 Å². The maximum atomic E-state index is 13.0. The van der Waals surface area contributed by atoms with E-state index < -0.39 is 0 Å². The number of nitrogens with zero attached hydrogens (tertiary/aromatic N) is 1. The first kappa shape index (κ1) is 15.7. The zero-order valence-corrected chi connectivity index (χ0v) is 13.0. The molecule has 1 aromatic carbocycles. The number of hydrogen-bond acceptors (Lipinski definition) is 3. The molecule has 1 aromatic heterocycles. The van der Waals surface area contributed by atoms with Crippen LogP contribution in [0, 0.1) is 11.7 Å². The highest BCUT2D eigenvalue weighted by atomic mass is 19.1. The molecular formula is C18H20FNO3. The van der Waals surface area contributed by atoms with Crippen molar-refractivity contribution < 1.29 is 18.7 Å². The fourth-order valence-corrected chi connectivity index (χ4v) is 3.08. The number of aliphatic hydroxyl groups excluding tert-OH is 1. The maximum Gasteiger partial charge on any atom is 0.289 e. The molecule has 0 spiro atoms. The average molecular weight is 317 g/mol. The van der Waals surface area contributed by atoms with Crippen molar-refractivity contribution in [1.29, 1.82) is 0 Å². The zero-order chi connectivity index (χ0) is 16.4. The SMILES string of the molecule is CN(CC1CCCC1O)C(=O)c1ccc(-c2ccc(F)cc2)o1. The van der Waals surface area contributed by atoms with Crippen LogP contribution in [0.25, 0.3) is 11.3 Å². The lowest BCUT2D eigenvalue weighted by Crippen LogP contribution is -2.34. The third-order valence-electron chi connectivity index (χ3n) is 4.42. The van der Waals surface area contributed by atoms with Gasteiger partial charge in [-0.05, 0) is 49.2 Å². The molecule has 23 heavy (non-hydrogen) atoms. The van der Waals surface area contributed by atoms with Crippen molar-refractivity contribution in [1.82, 2.24) is 4.90 Å². The van der Waals surface area contributed by atoms with Gasteiger partial charge < -0.3 is 14.4 Å². The molecule has 2 aromatic rings. The number of carbonyl (C=O) groups excluding carboxylic acids is 1. The van der Waals surface area contributed by atoms with Crippen molar-refractivity contribution in [3.63, 3.8) is 0 Å². The van der Waals surface area contributed by atoms with Gasteiger partial charge in [-0.2, -0.15) is 0 Å². The molecule has 0 saturated heterocycles. The van der Waals surface area contributed by atoms with E-state index >= 15 is 0 Å². The molecule has 1 aliphatic carbocycles. The van der Waals surface area contributed by atoms with Crippen LogP contribution in [-0.2, 0) is 0 Å². The normalized spacial score (nSPS) is 20.7. The first-order chi connectivity index (χ1) is 11.0. The standard InChI is InChI=1S/C18H20FNO3/c1-20(11-13-3-2-4-15(13)21)18(22)17-10-9-16(23-17)12-5-7-14(19)8-6-12/h5-10,13,15,21H,2-4,11H2,1H3. The van der Waals surface area contributed by atoms with Crippen molar-refractivity contribution >= 4 is 5.91 Å². The van der Waals surface area contributed by atoms with Crippen molar-refractivity contribution in [2.75, 3.05) is 13.6 Å². The van der Waals surface area contributed by atoms with Crippen LogP contribution in [0.5, 0.6) is 0 Å². The number of amides is 1. The van der Waals surface area contributed by atoms with Crippen molar-refractivity contribution in [3.8, 4) is 11.3 Å². The van der Waals surface area contributed by atoms with E-state index in [1.165, 1.54) is 12.1 Å². The predicted molar refractivity (Wildman–Crippen MR) is 84.4 cm³/mol. The molecule has 2 atom stereocenters. The molecule has 5 heteroatoms. The van der Waals surface area contributed by atoms with Gasteiger partial charge in [-0.25, -0.2) is 4.39 Å². The number of carbonyl (C=O) groups is 1. The fraction of sp³-hybridized carbons (Fsp3) is 0.389. The van der Waals surface area contributed by atoms with Gasteiger partial charge in [0.2, 0.25) is 0 Å². The number of aliphatic hydroxyl groups is 1. The summed E-state index contributed by atoms with van der Waals surface area (Å²) in [7, 11) is 1.72. The Labute approximate surface area is 134 Å². The van der Waals surface area contributed by atoms with Crippen LogP contribution < -0.4 is 0 Å². The Balaban J connectivity index is 1.69. The molecule has 2 unspecified atom stereocenters. The van der Waals surface area contributed by atoms with Crippen LogP contribution in [0.4, 0.5) is 4.39 Å². The Morgan fingerprint density at radius 3 is 2.65 bits per heavy atom. The zero-order valence-electron chi connectivity index (χ0n) is 13.0. The van der Waals surface area contributed by atoms with Gasteiger partial charge in [-0.15, -0.1) is 0 Å². The van der Waals surface area contributed by atoms with Crippen LogP contribution in [0.2, 0.25) is 0 Å². The average Bonchev–Trinajstić information content (AvgIpc) is 3.17. The van der Waals surface area contributed by atoms with Gasteiger partial charge in [0, 0.05) is 25.1 Å². The molecule has 3 rings (SSSR count). The Kier molecular flexibility index (Phi) is 4.48. The maximum absolute atomic E-state index is 13.0. The lowest BCUT2D eigenvalue weighted by molar-refractivity contribution is 0.0666.